The monoisotopic (exact) mass is 618 g/mol. The first-order chi connectivity index (χ1) is 19.3. The third-order valence-electron chi connectivity index (χ3n) is 7.33. The summed E-state index contributed by atoms with van der Waals surface area (Å²) in [5.41, 5.74) is 0.297. The first-order valence-corrected chi connectivity index (χ1v) is 16.3. The highest BCUT2D eigenvalue weighted by molar-refractivity contribution is 7.92. The van der Waals surface area contributed by atoms with Gasteiger partial charge in [-0.05, 0) is 42.3 Å². The Hall–Kier alpha value is -3.02. The summed E-state index contributed by atoms with van der Waals surface area (Å²) >= 11 is 1.02. The van der Waals surface area contributed by atoms with Gasteiger partial charge in [0.2, 0.25) is 17.7 Å². The SMILES string of the molecule is CN[C@H](C(=O)N[C@H](C(=O)N(C)/C(=C/C(C)C(=O)NS(=O)(=O)c1cccs1)C(C)C)C(C)(C)C)C(C)(C)c1ccccc1. The number of carbonyl (C=O) groups is 3. The van der Waals surface area contributed by atoms with Gasteiger partial charge in [-0.1, -0.05) is 90.9 Å². The smallest absolute Gasteiger partial charge is 0.273 e. The first kappa shape index (κ1) is 35.2. The minimum Gasteiger partial charge on any atom is -0.342 e. The van der Waals surface area contributed by atoms with Crippen molar-refractivity contribution in [3.05, 3.63) is 65.2 Å². The van der Waals surface area contributed by atoms with Gasteiger partial charge in [0.05, 0.1) is 12.0 Å². The predicted molar refractivity (Wildman–Crippen MR) is 168 cm³/mol. The van der Waals surface area contributed by atoms with Crippen LogP contribution in [0, 0.1) is 17.3 Å². The molecule has 1 unspecified atom stereocenters. The molecule has 11 heteroatoms. The van der Waals surface area contributed by atoms with E-state index in [1.54, 1.807) is 38.5 Å². The molecule has 2 rings (SSSR count). The van der Waals surface area contributed by atoms with Crippen LogP contribution in [0.2, 0.25) is 0 Å². The lowest BCUT2D eigenvalue weighted by molar-refractivity contribution is -0.138. The van der Waals surface area contributed by atoms with E-state index in [1.165, 1.54) is 11.0 Å². The standard InChI is InChI=1S/C31H46N4O5S2/c1-20(2)23(19-21(3)27(36)34-42(39,40)24-17-14-18-41-24)35(10)29(38)26(30(4,5)6)33-28(37)25(32-9)31(7,8)22-15-12-11-13-16-22/h11-21,25-26,32H,1-10H3,(H,33,37)(H,34,36)/b23-19+/t21?,25-,26-/m1/s1. The minimum absolute atomic E-state index is 0.0440. The van der Waals surface area contributed by atoms with E-state index >= 15 is 0 Å². The number of hydrogen-bond donors (Lipinski definition) is 3. The van der Waals surface area contributed by atoms with E-state index in [0.29, 0.717) is 5.70 Å². The highest BCUT2D eigenvalue weighted by atomic mass is 32.2. The Morgan fingerprint density at radius 1 is 0.905 bits per heavy atom. The number of rotatable bonds is 12. The van der Waals surface area contributed by atoms with Gasteiger partial charge in [0.1, 0.15) is 10.3 Å². The molecule has 3 amide bonds. The summed E-state index contributed by atoms with van der Waals surface area (Å²) in [7, 11) is -0.659. The topological polar surface area (TPSA) is 125 Å². The van der Waals surface area contributed by atoms with Gasteiger partial charge in [-0.2, -0.15) is 0 Å². The van der Waals surface area contributed by atoms with Crippen molar-refractivity contribution >= 4 is 39.1 Å². The number of thiophene rings is 1. The summed E-state index contributed by atoms with van der Waals surface area (Å²) in [6.07, 6.45) is 1.60. The van der Waals surface area contributed by atoms with E-state index < -0.39 is 44.8 Å². The Morgan fingerprint density at radius 2 is 1.50 bits per heavy atom. The number of sulfonamides is 1. The van der Waals surface area contributed by atoms with Gasteiger partial charge in [-0.15, -0.1) is 11.3 Å². The quantitative estimate of drug-likeness (QED) is 0.326. The summed E-state index contributed by atoms with van der Waals surface area (Å²) < 4.78 is 27.3. The Labute approximate surface area is 255 Å². The summed E-state index contributed by atoms with van der Waals surface area (Å²) in [5.74, 6) is -2.39. The number of benzene rings is 1. The number of amides is 3. The van der Waals surface area contributed by atoms with Crippen LogP contribution in [0.25, 0.3) is 0 Å². The molecule has 0 spiro atoms. The van der Waals surface area contributed by atoms with Crippen molar-refractivity contribution in [2.24, 2.45) is 17.3 Å². The second-order valence-electron chi connectivity index (χ2n) is 12.5. The van der Waals surface area contributed by atoms with E-state index in [2.05, 4.69) is 15.4 Å². The molecule has 0 saturated carbocycles. The number of nitrogens with zero attached hydrogens (tertiary/aromatic N) is 1. The van der Waals surface area contributed by atoms with Gasteiger partial charge < -0.3 is 15.5 Å². The van der Waals surface area contributed by atoms with E-state index in [-0.39, 0.29) is 21.9 Å². The van der Waals surface area contributed by atoms with Crippen LogP contribution >= 0.6 is 11.3 Å². The van der Waals surface area contributed by atoms with Crippen molar-refractivity contribution < 1.29 is 22.8 Å². The Balaban J connectivity index is 2.33. The van der Waals surface area contributed by atoms with Gasteiger partial charge in [-0.3, -0.25) is 14.4 Å². The third-order valence-corrected chi connectivity index (χ3v) is 10.1. The second-order valence-corrected chi connectivity index (χ2v) is 15.3. The van der Waals surface area contributed by atoms with Gasteiger partial charge in [0, 0.05) is 18.2 Å². The Kier molecular flexibility index (Phi) is 11.7. The highest BCUT2D eigenvalue weighted by Crippen LogP contribution is 2.29. The number of hydrogen-bond acceptors (Lipinski definition) is 7. The Morgan fingerprint density at radius 3 is 1.98 bits per heavy atom. The van der Waals surface area contributed by atoms with Crippen molar-refractivity contribution in [3.63, 3.8) is 0 Å². The van der Waals surface area contributed by atoms with Crippen LogP contribution < -0.4 is 15.4 Å². The number of likely N-dealkylation sites (N-methyl/N-ethyl adjacent to an activating group) is 2. The summed E-state index contributed by atoms with van der Waals surface area (Å²) in [5, 5.41) is 7.75. The minimum atomic E-state index is -3.99. The van der Waals surface area contributed by atoms with E-state index in [4.69, 9.17) is 0 Å². The summed E-state index contributed by atoms with van der Waals surface area (Å²) in [6.45, 7) is 14.9. The van der Waals surface area contributed by atoms with Gasteiger partial charge >= 0.3 is 0 Å². The van der Waals surface area contributed by atoms with Crippen LogP contribution in [0.15, 0.2) is 63.8 Å². The normalized spacial score (nSPS) is 15.1. The second kappa shape index (κ2) is 14.0. The molecule has 0 aliphatic carbocycles. The molecule has 1 aromatic carbocycles. The molecule has 2 aromatic rings. The van der Waals surface area contributed by atoms with Crippen LogP contribution in [-0.2, 0) is 29.8 Å². The highest BCUT2D eigenvalue weighted by Gasteiger charge is 2.41. The summed E-state index contributed by atoms with van der Waals surface area (Å²) in [4.78, 5) is 42.0. The predicted octanol–water partition coefficient (Wildman–Crippen LogP) is 4.28. The molecule has 3 atom stereocenters. The molecular formula is C31H46N4O5S2. The van der Waals surface area contributed by atoms with Gasteiger partial charge in [0.25, 0.3) is 10.0 Å². The van der Waals surface area contributed by atoms with Crippen molar-refractivity contribution in [2.45, 2.75) is 77.1 Å². The molecule has 232 valence electrons. The average molecular weight is 619 g/mol. The van der Waals surface area contributed by atoms with Crippen LogP contribution in [0.3, 0.4) is 0 Å². The van der Waals surface area contributed by atoms with Crippen LogP contribution in [0.5, 0.6) is 0 Å². The fourth-order valence-electron chi connectivity index (χ4n) is 4.76. The van der Waals surface area contributed by atoms with Crippen molar-refractivity contribution in [1.29, 1.82) is 0 Å². The maximum atomic E-state index is 14.0. The molecule has 9 nitrogen and oxygen atoms in total. The molecule has 0 fully saturated rings. The van der Waals surface area contributed by atoms with Crippen LogP contribution in [0.1, 0.15) is 61.0 Å². The van der Waals surface area contributed by atoms with Crippen molar-refractivity contribution in [1.82, 2.24) is 20.3 Å². The molecule has 0 saturated heterocycles. The van der Waals surface area contributed by atoms with Gasteiger partial charge in [-0.25, -0.2) is 13.1 Å². The molecule has 0 radical (unpaired) electrons. The van der Waals surface area contributed by atoms with Crippen molar-refractivity contribution in [3.8, 4) is 0 Å². The fraction of sp³-hybridized carbons (Fsp3) is 0.516. The third kappa shape index (κ3) is 8.52. The van der Waals surface area contributed by atoms with Crippen molar-refractivity contribution in [2.75, 3.05) is 14.1 Å². The lowest BCUT2D eigenvalue weighted by Gasteiger charge is -2.39. The van der Waals surface area contributed by atoms with E-state index in [9.17, 15) is 22.8 Å². The van der Waals surface area contributed by atoms with Crippen LogP contribution in [-0.4, -0.2) is 57.2 Å². The van der Waals surface area contributed by atoms with E-state index in [1.807, 2.05) is 78.8 Å². The number of allylic oxidation sites excluding steroid dienone is 1. The van der Waals surface area contributed by atoms with Crippen LogP contribution in [0.4, 0.5) is 0 Å². The zero-order valence-electron chi connectivity index (χ0n) is 26.3. The first-order valence-electron chi connectivity index (χ1n) is 14.0. The van der Waals surface area contributed by atoms with Gasteiger partial charge in [0.15, 0.2) is 0 Å². The molecule has 1 aromatic heterocycles. The zero-order chi connectivity index (χ0) is 32.0. The number of carbonyl (C=O) groups excluding carboxylic acids is 3. The fourth-order valence-corrected chi connectivity index (χ4v) is 6.82. The summed E-state index contributed by atoms with van der Waals surface area (Å²) in [6, 6.07) is 11.2. The molecule has 0 bridgehead atoms. The average Bonchev–Trinajstić information content (AvgIpc) is 3.45. The largest absolute Gasteiger partial charge is 0.342 e. The molecule has 3 N–H and O–H groups in total. The Bertz CT molecular complexity index is 1360. The molecule has 42 heavy (non-hydrogen) atoms. The lowest BCUT2D eigenvalue weighted by atomic mass is 9.76. The maximum Gasteiger partial charge on any atom is 0.273 e. The molecule has 1 heterocycles. The lowest BCUT2D eigenvalue weighted by Crippen LogP contribution is -2.60. The molecule has 0 aliphatic rings. The molecular weight excluding hydrogens is 572 g/mol. The van der Waals surface area contributed by atoms with E-state index in [0.717, 1.165) is 16.9 Å². The number of nitrogens with one attached hydrogen (secondary N) is 3. The maximum absolute atomic E-state index is 14.0. The molecule has 0 aliphatic heterocycles. The zero-order valence-corrected chi connectivity index (χ0v) is 27.9.